The van der Waals surface area contributed by atoms with Crippen LogP contribution in [0.3, 0.4) is 0 Å². The molecule has 1 atom stereocenters. The van der Waals surface area contributed by atoms with Crippen LogP contribution in [0.2, 0.25) is 0 Å². The highest BCUT2D eigenvalue weighted by Crippen LogP contribution is 2.34. The lowest BCUT2D eigenvalue weighted by Crippen LogP contribution is -2.27. The minimum atomic E-state index is -3.53. The zero-order chi connectivity index (χ0) is 20.5. The number of methoxy groups -OCH3 is 1. The third-order valence-corrected chi connectivity index (χ3v) is 6.10. The summed E-state index contributed by atoms with van der Waals surface area (Å²) in [5, 5.41) is 0. The number of rotatable bonds is 5. The summed E-state index contributed by atoms with van der Waals surface area (Å²) in [6, 6.07) is 14.3. The van der Waals surface area contributed by atoms with Crippen LogP contribution in [0.25, 0.3) is 0 Å². The minimum absolute atomic E-state index is 0.0339. The molecule has 0 radical (unpaired) electrons. The molecule has 0 aliphatic carbocycles. The van der Waals surface area contributed by atoms with Gasteiger partial charge in [-0.3, -0.25) is 9.10 Å². The molecule has 0 N–H and O–H groups in total. The van der Waals surface area contributed by atoms with E-state index in [0.29, 0.717) is 18.7 Å². The van der Waals surface area contributed by atoms with Gasteiger partial charge in [-0.2, -0.15) is 0 Å². The van der Waals surface area contributed by atoms with Crippen LogP contribution < -0.4 is 9.21 Å². The van der Waals surface area contributed by atoms with Crippen molar-refractivity contribution in [2.75, 3.05) is 36.2 Å². The number of hydrogen-bond acceptors (Lipinski definition) is 5. The molecule has 3 rings (SSSR count). The molecular weight excluding hydrogens is 380 g/mol. The van der Waals surface area contributed by atoms with Gasteiger partial charge in [-0.15, -0.1) is 0 Å². The number of anilines is 2. The summed E-state index contributed by atoms with van der Waals surface area (Å²) in [7, 11) is -0.887. The van der Waals surface area contributed by atoms with E-state index in [2.05, 4.69) is 0 Å². The Hall–Kier alpha value is -2.87. The van der Waals surface area contributed by atoms with Gasteiger partial charge in [0.15, 0.2) is 0 Å². The second kappa shape index (κ2) is 7.63. The predicted molar refractivity (Wildman–Crippen MR) is 107 cm³/mol. The van der Waals surface area contributed by atoms with Crippen molar-refractivity contribution in [3.63, 3.8) is 0 Å². The Kier molecular flexibility index (Phi) is 5.42. The number of carbonyl (C=O) groups is 2. The van der Waals surface area contributed by atoms with Gasteiger partial charge in [-0.25, -0.2) is 13.2 Å². The van der Waals surface area contributed by atoms with Gasteiger partial charge in [-0.1, -0.05) is 30.3 Å². The molecule has 1 aliphatic rings. The largest absolute Gasteiger partial charge is 0.465 e. The molecule has 1 saturated heterocycles. The average Bonchev–Trinajstić information content (AvgIpc) is 3.08. The number of benzene rings is 2. The van der Waals surface area contributed by atoms with Crippen LogP contribution >= 0.6 is 0 Å². The maximum atomic E-state index is 12.7. The first-order valence-corrected chi connectivity index (χ1v) is 10.6. The standard InChI is InChI=1S/C20H22N2O5S/c1-21(28(3,25)26)17-9-15(20(24)27-2)10-18(12-17)22-13-16(11-19(22)23)14-7-5-4-6-8-14/h4-10,12,16H,11,13H2,1-3H3. The van der Waals surface area contributed by atoms with Crippen LogP contribution in [0.5, 0.6) is 0 Å². The Bertz CT molecular complexity index is 1000. The van der Waals surface area contributed by atoms with E-state index in [0.717, 1.165) is 16.1 Å². The third kappa shape index (κ3) is 4.01. The summed E-state index contributed by atoms with van der Waals surface area (Å²) < 4.78 is 29.7. The molecule has 1 aliphatic heterocycles. The molecule has 1 unspecified atom stereocenters. The van der Waals surface area contributed by atoms with E-state index < -0.39 is 16.0 Å². The highest BCUT2D eigenvalue weighted by atomic mass is 32.2. The van der Waals surface area contributed by atoms with Crippen LogP contribution in [-0.4, -0.2) is 47.3 Å². The molecule has 0 saturated carbocycles. The topological polar surface area (TPSA) is 84.0 Å². The highest BCUT2D eigenvalue weighted by molar-refractivity contribution is 7.92. The first kappa shape index (κ1) is 19.9. The first-order valence-electron chi connectivity index (χ1n) is 8.73. The van der Waals surface area contributed by atoms with Gasteiger partial charge in [0.1, 0.15) is 0 Å². The van der Waals surface area contributed by atoms with Crippen molar-refractivity contribution in [3.05, 3.63) is 59.7 Å². The molecule has 2 aromatic rings. The molecule has 8 heteroatoms. The number of nitrogens with zero attached hydrogens (tertiary/aromatic N) is 2. The summed E-state index contributed by atoms with van der Waals surface area (Å²) in [4.78, 5) is 26.3. The Balaban J connectivity index is 2.01. The number of amides is 1. The van der Waals surface area contributed by atoms with Crippen molar-refractivity contribution in [1.82, 2.24) is 0 Å². The number of ether oxygens (including phenoxy) is 1. The SMILES string of the molecule is COC(=O)c1cc(N2CC(c3ccccc3)CC2=O)cc(N(C)S(C)(=O)=O)c1. The number of sulfonamides is 1. The summed E-state index contributed by atoms with van der Waals surface area (Å²) in [5.41, 5.74) is 2.01. The Morgan fingerprint density at radius 2 is 1.86 bits per heavy atom. The fraction of sp³-hybridized carbons (Fsp3) is 0.300. The molecule has 2 aromatic carbocycles. The summed E-state index contributed by atoms with van der Waals surface area (Å²) in [6.07, 6.45) is 1.42. The van der Waals surface area contributed by atoms with Gasteiger partial charge in [-0.05, 0) is 23.8 Å². The van der Waals surface area contributed by atoms with E-state index in [9.17, 15) is 18.0 Å². The number of carbonyl (C=O) groups excluding carboxylic acids is 2. The highest BCUT2D eigenvalue weighted by Gasteiger charge is 2.32. The molecule has 148 valence electrons. The van der Waals surface area contributed by atoms with Crippen molar-refractivity contribution in [3.8, 4) is 0 Å². The van der Waals surface area contributed by atoms with Gasteiger partial charge >= 0.3 is 5.97 Å². The zero-order valence-electron chi connectivity index (χ0n) is 16.0. The van der Waals surface area contributed by atoms with Crippen molar-refractivity contribution < 1.29 is 22.7 Å². The monoisotopic (exact) mass is 402 g/mol. The van der Waals surface area contributed by atoms with Crippen LogP contribution in [0.15, 0.2) is 48.5 Å². The predicted octanol–water partition coefficient (Wildman–Crippen LogP) is 2.39. The molecule has 1 amide bonds. The van der Waals surface area contributed by atoms with Crippen molar-refractivity contribution >= 4 is 33.3 Å². The average molecular weight is 402 g/mol. The summed E-state index contributed by atoms with van der Waals surface area (Å²) in [6.45, 7) is 0.454. The fourth-order valence-electron chi connectivity index (χ4n) is 3.27. The Labute approximate surface area is 164 Å². The van der Waals surface area contributed by atoms with E-state index in [-0.39, 0.29) is 23.1 Å². The third-order valence-electron chi connectivity index (χ3n) is 4.89. The molecule has 0 aromatic heterocycles. The fourth-order valence-corrected chi connectivity index (χ4v) is 3.75. The molecule has 0 spiro atoms. The van der Waals surface area contributed by atoms with E-state index in [1.165, 1.54) is 20.2 Å². The van der Waals surface area contributed by atoms with Crippen LogP contribution in [0.1, 0.15) is 28.3 Å². The van der Waals surface area contributed by atoms with E-state index in [1.54, 1.807) is 17.0 Å². The Morgan fingerprint density at radius 1 is 1.18 bits per heavy atom. The second-order valence-electron chi connectivity index (χ2n) is 6.78. The molecule has 1 fully saturated rings. The van der Waals surface area contributed by atoms with Crippen molar-refractivity contribution in [2.24, 2.45) is 0 Å². The van der Waals surface area contributed by atoms with E-state index >= 15 is 0 Å². The maximum Gasteiger partial charge on any atom is 0.337 e. The van der Waals surface area contributed by atoms with Gasteiger partial charge in [0, 0.05) is 31.6 Å². The molecule has 0 bridgehead atoms. The van der Waals surface area contributed by atoms with Gasteiger partial charge in [0.25, 0.3) is 0 Å². The van der Waals surface area contributed by atoms with Crippen molar-refractivity contribution in [1.29, 1.82) is 0 Å². The lowest BCUT2D eigenvalue weighted by Gasteiger charge is -2.22. The molecule has 1 heterocycles. The number of esters is 1. The number of hydrogen-bond donors (Lipinski definition) is 0. The maximum absolute atomic E-state index is 12.7. The van der Waals surface area contributed by atoms with E-state index in [4.69, 9.17) is 4.74 Å². The Morgan fingerprint density at radius 3 is 2.46 bits per heavy atom. The van der Waals surface area contributed by atoms with Gasteiger partial charge in [0.05, 0.1) is 24.6 Å². The second-order valence-corrected chi connectivity index (χ2v) is 8.79. The summed E-state index contributed by atoms with van der Waals surface area (Å²) >= 11 is 0. The molecule has 28 heavy (non-hydrogen) atoms. The quantitative estimate of drug-likeness (QED) is 0.717. The van der Waals surface area contributed by atoms with Crippen LogP contribution in [0.4, 0.5) is 11.4 Å². The van der Waals surface area contributed by atoms with E-state index in [1.807, 2.05) is 30.3 Å². The summed E-state index contributed by atoms with van der Waals surface area (Å²) in [5.74, 6) is -0.647. The van der Waals surface area contributed by atoms with Gasteiger partial charge < -0.3 is 9.64 Å². The lowest BCUT2D eigenvalue weighted by atomic mass is 9.98. The first-order chi connectivity index (χ1) is 13.2. The minimum Gasteiger partial charge on any atom is -0.465 e. The molecular formula is C20H22N2O5S. The normalized spacial score (nSPS) is 16.9. The van der Waals surface area contributed by atoms with Crippen LogP contribution in [-0.2, 0) is 19.6 Å². The lowest BCUT2D eigenvalue weighted by molar-refractivity contribution is -0.117. The smallest absolute Gasteiger partial charge is 0.337 e. The van der Waals surface area contributed by atoms with Gasteiger partial charge in [0.2, 0.25) is 15.9 Å². The van der Waals surface area contributed by atoms with Crippen LogP contribution in [0, 0.1) is 0 Å². The molecule has 7 nitrogen and oxygen atoms in total. The van der Waals surface area contributed by atoms with Crippen molar-refractivity contribution in [2.45, 2.75) is 12.3 Å². The zero-order valence-corrected chi connectivity index (χ0v) is 16.8.